The van der Waals surface area contributed by atoms with Gasteiger partial charge in [-0.15, -0.1) is 0 Å². The van der Waals surface area contributed by atoms with E-state index in [0.717, 1.165) is 15.6 Å². The zero-order chi connectivity index (χ0) is 15.9. The topological polar surface area (TPSA) is 46.5 Å². The Morgan fingerprint density at radius 2 is 1.64 bits per heavy atom. The van der Waals surface area contributed by atoms with Crippen LogP contribution in [0.2, 0.25) is 0 Å². The smallest absolute Gasteiger partial charge is 0.178 e. The highest BCUT2D eigenvalue weighted by Crippen LogP contribution is 2.26. The minimum absolute atomic E-state index is 0.0705. The third-order valence-corrected chi connectivity index (χ3v) is 3.48. The van der Waals surface area contributed by atoms with Gasteiger partial charge in [-0.3, -0.25) is 4.79 Å². The van der Waals surface area contributed by atoms with E-state index in [4.69, 9.17) is 4.74 Å². The van der Waals surface area contributed by atoms with Gasteiger partial charge in [0.25, 0.3) is 0 Å². The van der Waals surface area contributed by atoms with Gasteiger partial charge in [0.1, 0.15) is 0 Å². The van der Waals surface area contributed by atoms with E-state index in [1.54, 1.807) is 24.3 Å². The molecule has 0 atom stereocenters. The summed E-state index contributed by atoms with van der Waals surface area (Å²) in [4.78, 5) is 11.8. The zero-order valence-electron chi connectivity index (χ0n) is 12.0. The zero-order valence-corrected chi connectivity index (χ0v) is 13.6. The monoisotopic (exact) mass is 358 g/mol. The molecular weight excluding hydrogens is 344 g/mol. The van der Waals surface area contributed by atoms with Crippen molar-refractivity contribution in [3.05, 3.63) is 70.2 Å². The third-order valence-electron chi connectivity index (χ3n) is 2.95. The van der Waals surface area contributed by atoms with E-state index in [9.17, 15) is 9.90 Å². The molecule has 0 aliphatic carbocycles. The number of ether oxygens (including phenoxy) is 1. The highest BCUT2D eigenvalue weighted by atomic mass is 79.9. The van der Waals surface area contributed by atoms with Crippen LogP contribution in [-0.4, -0.2) is 18.0 Å². The van der Waals surface area contributed by atoms with Crippen LogP contribution in [0.5, 0.6) is 11.5 Å². The molecule has 0 heterocycles. The summed E-state index contributed by atoms with van der Waals surface area (Å²) >= 11 is 3.36. The van der Waals surface area contributed by atoms with Crippen LogP contribution in [-0.2, 0) is 4.79 Å². The molecule has 2 aromatic carbocycles. The summed E-state index contributed by atoms with van der Waals surface area (Å²) in [6, 6.07) is 12.6. The Balaban J connectivity index is 2.03. The largest absolute Gasteiger partial charge is 0.504 e. The van der Waals surface area contributed by atoms with Crippen molar-refractivity contribution in [3.8, 4) is 11.5 Å². The van der Waals surface area contributed by atoms with Gasteiger partial charge in [-0.1, -0.05) is 46.3 Å². The van der Waals surface area contributed by atoms with Gasteiger partial charge >= 0.3 is 0 Å². The number of benzene rings is 2. The number of methoxy groups -OCH3 is 1. The lowest BCUT2D eigenvalue weighted by molar-refractivity contribution is -0.110. The van der Waals surface area contributed by atoms with Crippen LogP contribution >= 0.6 is 15.9 Å². The second-order valence-electron chi connectivity index (χ2n) is 4.55. The molecule has 2 rings (SSSR count). The summed E-state index contributed by atoms with van der Waals surface area (Å²) in [6.45, 7) is 0. The number of phenols is 1. The lowest BCUT2D eigenvalue weighted by Gasteiger charge is -2.03. The maximum Gasteiger partial charge on any atom is 0.178 e. The Bertz CT molecular complexity index is 716. The van der Waals surface area contributed by atoms with E-state index in [0.29, 0.717) is 5.75 Å². The number of phenolic OH excluding ortho intramolecular Hbond substituents is 1. The Labute approximate surface area is 137 Å². The van der Waals surface area contributed by atoms with Crippen LogP contribution in [0.15, 0.2) is 59.1 Å². The summed E-state index contributed by atoms with van der Waals surface area (Å²) in [5, 5.41) is 9.51. The van der Waals surface area contributed by atoms with Crippen molar-refractivity contribution in [1.29, 1.82) is 0 Å². The SMILES string of the molecule is COc1cc(/C=C/C(=O)/C=C/c2ccc(Br)cc2)ccc1O. The third kappa shape index (κ3) is 4.60. The van der Waals surface area contributed by atoms with E-state index in [2.05, 4.69) is 15.9 Å². The Morgan fingerprint density at radius 3 is 2.27 bits per heavy atom. The summed E-state index contributed by atoms with van der Waals surface area (Å²) in [6.07, 6.45) is 6.42. The number of hydrogen-bond acceptors (Lipinski definition) is 3. The van der Waals surface area contributed by atoms with Gasteiger partial charge in [-0.05, 0) is 47.5 Å². The standard InChI is InChI=1S/C18H15BrO3/c1-22-18-12-14(6-11-17(18)21)5-10-16(20)9-4-13-2-7-15(19)8-3-13/h2-12,21H,1H3/b9-4+,10-5+. The Morgan fingerprint density at radius 1 is 1.05 bits per heavy atom. The van der Waals surface area contributed by atoms with E-state index < -0.39 is 0 Å². The minimum Gasteiger partial charge on any atom is -0.504 e. The van der Waals surface area contributed by atoms with E-state index in [1.807, 2.05) is 24.3 Å². The number of allylic oxidation sites excluding steroid dienone is 2. The molecule has 4 heteroatoms. The highest BCUT2D eigenvalue weighted by molar-refractivity contribution is 9.10. The highest BCUT2D eigenvalue weighted by Gasteiger charge is 2.00. The van der Waals surface area contributed by atoms with Crippen molar-refractivity contribution >= 4 is 33.9 Å². The maximum absolute atomic E-state index is 11.8. The van der Waals surface area contributed by atoms with Crippen molar-refractivity contribution in [3.63, 3.8) is 0 Å². The second kappa shape index (κ2) is 7.61. The van der Waals surface area contributed by atoms with Crippen LogP contribution in [0.3, 0.4) is 0 Å². The van der Waals surface area contributed by atoms with E-state index in [1.165, 1.54) is 25.3 Å². The molecular formula is C18H15BrO3. The summed E-state index contributed by atoms with van der Waals surface area (Å²) in [7, 11) is 1.48. The molecule has 0 spiro atoms. The predicted molar refractivity (Wildman–Crippen MR) is 91.9 cm³/mol. The Hall–Kier alpha value is -2.33. The average molecular weight is 359 g/mol. The first-order valence-electron chi connectivity index (χ1n) is 6.61. The minimum atomic E-state index is -0.116. The molecule has 112 valence electrons. The molecule has 2 aromatic rings. The van der Waals surface area contributed by atoms with Crippen molar-refractivity contribution in [1.82, 2.24) is 0 Å². The van der Waals surface area contributed by atoms with Gasteiger partial charge in [0.15, 0.2) is 17.3 Å². The maximum atomic E-state index is 11.8. The summed E-state index contributed by atoms with van der Waals surface area (Å²) < 4.78 is 6.02. The normalized spacial score (nSPS) is 11.2. The number of aromatic hydroxyl groups is 1. The lowest BCUT2D eigenvalue weighted by Crippen LogP contribution is -1.86. The van der Waals surface area contributed by atoms with Crippen LogP contribution in [0.1, 0.15) is 11.1 Å². The number of halogens is 1. The number of hydrogen-bond donors (Lipinski definition) is 1. The van der Waals surface area contributed by atoms with Crippen LogP contribution in [0, 0.1) is 0 Å². The fraction of sp³-hybridized carbons (Fsp3) is 0.0556. The van der Waals surface area contributed by atoms with Crippen molar-refractivity contribution < 1.29 is 14.6 Å². The number of carbonyl (C=O) groups excluding carboxylic acids is 1. The molecule has 0 bridgehead atoms. The molecule has 0 saturated carbocycles. The fourth-order valence-electron chi connectivity index (χ4n) is 1.78. The van der Waals surface area contributed by atoms with Gasteiger partial charge in [-0.25, -0.2) is 0 Å². The van der Waals surface area contributed by atoms with Gasteiger partial charge < -0.3 is 9.84 Å². The van der Waals surface area contributed by atoms with Crippen LogP contribution < -0.4 is 4.74 Å². The van der Waals surface area contributed by atoms with E-state index >= 15 is 0 Å². The number of ketones is 1. The van der Waals surface area contributed by atoms with Crippen molar-refractivity contribution in [2.45, 2.75) is 0 Å². The fourth-order valence-corrected chi connectivity index (χ4v) is 2.05. The van der Waals surface area contributed by atoms with E-state index in [-0.39, 0.29) is 11.5 Å². The molecule has 22 heavy (non-hydrogen) atoms. The first-order chi connectivity index (χ1) is 10.6. The summed E-state index contributed by atoms with van der Waals surface area (Å²) in [5.41, 5.74) is 1.73. The molecule has 1 N–H and O–H groups in total. The number of rotatable bonds is 5. The molecule has 0 fully saturated rings. The molecule has 0 amide bonds. The van der Waals surface area contributed by atoms with Gasteiger partial charge in [0, 0.05) is 4.47 Å². The quantitative estimate of drug-likeness (QED) is 0.802. The van der Waals surface area contributed by atoms with Crippen molar-refractivity contribution in [2.75, 3.05) is 7.11 Å². The van der Waals surface area contributed by atoms with Crippen LogP contribution in [0.25, 0.3) is 12.2 Å². The molecule has 0 aliphatic rings. The van der Waals surface area contributed by atoms with Gasteiger partial charge in [0.05, 0.1) is 7.11 Å². The molecule has 0 unspecified atom stereocenters. The Kier molecular flexibility index (Phi) is 5.55. The van der Waals surface area contributed by atoms with Crippen LogP contribution in [0.4, 0.5) is 0 Å². The first-order valence-corrected chi connectivity index (χ1v) is 7.40. The van der Waals surface area contributed by atoms with Gasteiger partial charge in [0.2, 0.25) is 0 Å². The average Bonchev–Trinajstić information content (AvgIpc) is 2.53. The molecule has 3 nitrogen and oxygen atoms in total. The number of carbonyl (C=O) groups is 1. The second-order valence-corrected chi connectivity index (χ2v) is 5.47. The molecule has 0 radical (unpaired) electrons. The molecule has 0 saturated heterocycles. The lowest BCUT2D eigenvalue weighted by atomic mass is 10.1. The summed E-state index contributed by atoms with van der Waals surface area (Å²) in [5.74, 6) is 0.330. The molecule has 0 aliphatic heterocycles. The van der Waals surface area contributed by atoms with Gasteiger partial charge in [-0.2, -0.15) is 0 Å². The first kappa shape index (κ1) is 16.0. The predicted octanol–water partition coefficient (Wildman–Crippen LogP) is 4.46. The molecule has 0 aromatic heterocycles. The van der Waals surface area contributed by atoms with Crippen molar-refractivity contribution in [2.24, 2.45) is 0 Å².